The van der Waals surface area contributed by atoms with Crippen molar-refractivity contribution in [1.82, 2.24) is 14.9 Å². The molecule has 0 aliphatic rings. The van der Waals surface area contributed by atoms with Gasteiger partial charge in [0.15, 0.2) is 0 Å². The monoisotopic (exact) mass is 300 g/mol. The summed E-state index contributed by atoms with van der Waals surface area (Å²) in [6.07, 6.45) is 7.14. The number of hydrogen-bond donors (Lipinski definition) is 1. The molecule has 0 aromatic carbocycles. The Kier molecular flexibility index (Phi) is 5.34. The Morgan fingerprint density at radius 1 is 1.19 bits per heavy atom. The fourth-order valence-corrected chi connectivity index (χ4v) is 1.98. The van der Waals surface area contributed by atoms with E-state index in [1.807, 2.05) is 12.1 Å². The number of aromatic nitrogens is 2. The normalized spacial score (nSPS) is 10.1. The summed E-state index contributed by atoms with van der Waals surface area (Å²) < 4.78 is 0. The van der Waals surface area contributed by atoms with Crippen molar-refractivity contribution in [2.45, 2.75) is 13.0 Å². The van der Waals surface area contributed by atoms with Gasteiger partial charge in [-0.3, -0.25) is 14.8 Å². The van der Waals surface area contributed by atoms with Crippen LogP contribution in [0.2, 0.25) is 0 Å². The summed E-state index contributed by atoms with van der Waals surface area (Å²) in [7, 11) is 0. The highest BCUT2D eigenvalue weighted by Crippen LogP contribution is 2.09. The predicted octanol–water partition coefficient (Wildman–Crippen LogP) is 1.80. The first-order valence-electron chi connectivity index (χ1n) is 6.53. The molecule has 0 spiro atoms. The van der Waals surface area contributed by atoms with E-state index < -0.39 is 0 Å². The molecule has 2 aromatic rings. The molecule has 2 heterocycles. The molecular formula is C15H16N4OS. The molecule has 0 bridgehead atoms. The lowest BCUT2D eigenvalue weighted by molar-refractivity contribution is 0.0748. The number of carbonyl (C=O) groups is 1. The van der Waals surface area contributed by atoms with Crippen LogP contribution in [0.4, 0.5) is 0 Å². The highest BCUT2D eigenvalue weighted by atomic mass is 32.1. The first-order chi connectivity index (χ1) is 10.2. The van der Waals surface area contributed by atoms with Crippen molar-refractivity contribution in [3.63, 3.8) is 0 Å². The molecule has 0 aliphatic carbocycles. The van der Waals surface area contributed by atoms with Gasteiger partial charge in [-0.1, -0.05) is 18.3 Å². The number of nitrogens with two attached hydrogens (primary N) is 1. The van der Waals surface area contributed by atoms with Gasteiger partial charge in [-0.2, -0.15) is 0 Å². The highest BCUT2D eigenvalue weighted by molar-refractivity contribution is 7.80. The fourth-order valence-electron chi connectivity index (χ4n) is 1.89. The summed E-state index contributed by atoms with van der Waals surface area (Å²) in [5.41, 5.74) is 7.10. The Morgan fingerprint density at radius 2 is 1.95 bits per heavy atom. The van der Waals surface area contributed by atoms with Crippen molar-refractivity contribution in [2.75, 3.05) is 6.54 Å². The topological polar surface area (TPSA) is 72.1 Å². The SMILES string of the molecule is NC(=S)CCN(Cc1cccnc1)C(=O)c1ccncc1. The number of nitrogens with zero attached hydrogens (tertiary/aromatic N) is 3. The Bertz CT molecular complexity index is 604. The number of amides is 1. The van der Waals surface area contributed by atoms with Crippen LogP contribution >= 0.6 is 12.2 Å². The number of hydrogen-bond acceptors (Lipinski definition) is 4. The van der Waals surface area contributed by atoms with Crippen LogP contribution in [0.1, 0.15) is 22.3 Å². The molecule has 1 amide bonds. The average Bonchev–Trinajstić information content (AvgIpc) is 2.52. The summed E-state index contributed by atoms with van der Waals surface area (Å²) in [6.45, 7) is 0.947. The van der Waals surface area contributed by atoms with Crippen LogP contribution < -0.4 is 5.73 Å². The second-order valence-corrected chi connectivity index (χ2v) is 5.06. The molecule has 0 radical (unpaired) electrons. The van der Waals surface area contributed by atoms with Gasteiger partial charge < -0.3 is 10.6 Å². The zero-order valence-corrected chi connectivity index (χ0v) is 12.3. The van der Waals surface area contributed by atoms with Gasteiger partial charge in [0.25, 0.3) is 5.91 Å². The highest BCUT2D eigenvalue weighted by Gasteiger charge is 2.16. The van der Waals surface area contributed by atoms with Gasteiger partial charge in [-0.15, -0.1) is 0 Å². The van der Waals surface area contributed by atoms with Crippen LogP contribution in [0, 0.1) is 0 Å². The third kappa shape index (κ3) is 4.61. The molecule has 2 aromatic heterocycles. The Morgan fingerprint density at radius 3 is 2.57 bits per heavy atom. The number of rotatable bonds is 6. The van der Waals surface area contributed by atoms with Crippen molar-refractivity contribution >= 4 is 23.1 Å². The third-order valence-electron chi connectivity index (χ3n) is 2.94. The summed E-state index contributed by atoms with van der Waals surface area (Å²) in [5, 5.41) is 0. The van der Waals surface area contributed by atoms with E-state index in [9.17, 15) is 4.79 Å². The standard InChI is InChI=1S/C15H16N4OS/c16-14(21)5-9-19(11-12-2-1-6-18-10-12)15(20)13-3-7-17-8-4-13/h1-4,6-8,10H,5,9,11H2,(H2,16,21). The van der Waals surface area contributed by atoms with E-state index in [2.05, 4.69) is 9.97 Å². The molecule has 2 rings (SSSR count). The van der Waals surface area contributed by atoms with E-state index in [-0.39, 0.29) is 5.91 Å². The van der Waals surface area contributed by atoms with E-state index in [0.717, 1.165) is 5.56 Å². The van der Waals surface area contributed by atoms with Gasteiger partial charge in [0, 0.05) is 49.9 Å². The van der Waals surface area contributed by atoms with E-state index in [0.29, 0.717) is 30.1 Å². The minimum absolute atomic E-state index is 0.0718. The summed E-state index contributed by atoms with van der Waals surface area (Å²) >= 11 is 4.90. The lowest BCUT2D eigenvalue weighted by Crippen LogP contribution is -2.33. The third-order valence-corrected chi connectivity index (χ3v) is 3.14. The fraction of sp³-hybridized carbons (Fsp3) is 0.200. The van der Waals surface area contributed by atoms with Crippen LogP contribution in [-0.4, -0.2) is 32.3 Å². The lowest BCUT2D eigenvalue weighted by Gasteiger charge is -2.22. The molecule has 0 saturated carbocycles. The Balaban J connectivity index is 2.15. The zero-order valence-electron chi connectivity index (χ0n) is 11.5. The molecule has 2 N–H and O–H groups in total. The number of pyridine rings is 2. The maximum Gasteiger partial charge on any atom is 0.254 e. The summed E-state index contributed by atoms with van der Waals surface area (Å²) in [6, 6.07) is 7.16. The van der Waals surface area contributed by atoms with Crippen molar-refractivity contribution < 1.29 is 4.79 Å². The number of thiocarbonyl (C=S) groups is 1. The van der Waals surface area contributed by atoms with Crippen molar-refractivity contribution in [3.8, 4) is 0 Å². The molecule has 0 saturated heterocycles. The maximum absolute atomic E-state index is 12.6. The average molecular weight is 300 g/mol. The molecule has 0 aliphatic heterocycles. The molecule has 5 nitrogen and oxygen atoms in total. The van der Waals surface area contributed by atoms with Crippen molar-refractivity contribution in [3.05, 3.63) is 60.2 Å². The van der Waals surface area contributed by atoms with Gasteiger partial charge >= 0.3 is 0 Å². The lowest BCUT2D eigenvalue weighted by atomic mass is 10.2. The van der Waals surface area contributed by atoms with Crippen LogP contribution in [0.5, 0.6) is 0 Å². The van der Waals surface area contributed by atoms with Crippen LogP contribution in [-0.2, 0) is 6.54 Å². The van der Waals surface area contributed by atoms with E-state index in [4.69, 9.17) is 18.0 Å². The first kappa shape index (κ1) is 15.1. The molecule has 0 unspecified atom stereocenters. The minimum Gasteiger partial charge on any atom is -0.393 e. The van der Waals surface area contributed by atoms with Crippen LogP contribution in [0.3, 0.4) is 0 Å². The zero-order chi connectivity index (χ0) is 15.1. The molecule has 0 atom stereocenters. The molecule has 0 fully saturated rings. The van der Waals surface area contributed by atoms with E-state index in [1.54, 1.807) is 41.8 Å². The van der Waals surface area contributed by atoms with Gasteiger partial charge in [0.2, 0.25) is 0 Å². The predicted molar refractivity (Wildman–Crippen MR) is 84.6 cm³/mol. The van der Waals surface area contributed by atoms with Crippen LogP contribution in [0.15, 0.2) is 49.1 Å². The van der Waals surface area contributed by atoms with E-state index >= 15 is 0 Å². The van der Waals surface area contributed by atoms with Gasteiger partial charge in [-0.05, 0) is 23.8 Å². The first-order valence-corrected chi connectivity index (χ1v) is 6.94. The molecular weight excluding hydrogens is 284 g/mol. The van der Waals surface area contributed by atoms with Gasteiger partial charge in [0.05, 0.1) is 4.99 Å². The van der Waals surface area contributed by atoms with Gasteiger partial charge in [-0.25, -0.2) is 0 Å². The molecule has 108 valence electrons. The quantitative estimate of drug-likeness (QED) is 0.824. The summed E-state index contributed by atoms with van der Waals surface area (Å²) in [4.78, 5) is 22.7. The Labute approximate surface area is 128 Å². The molecule has 6 heteroatoms. The van der Waals surface area contributed by atoms with Gasteiger partial charge in [0.1, 0.15) is 0 Å². The minimum atomic E-state index is -0.0718. The van der Waals surface area contributed by atoms with E-state index in [1.165, 1.54) is 0 Å². The maximum atomic E-state index is 12.6. The van der Waals surface area contributed by atoms with Crippen molar-refractivity contribution in [1.29, 1.82) is 0 Å². The van der Waals surface area contributed by atoms with Crippen LogP contribution in [0.25, 0.3) is 0 Å². The smallest absolute Gasteiger partial charge is 0.254 e. The second kappa shape index (κ2) is 7.44. The number of carbonyl (C=O) groups excluding carboxylic acids is 1. The Hall–Kier alpha value is -2.34. The second-order valence-electron chi connectivity index (χ2n) is 4.54. The largest absolute Gasteiger partial charge is 0.393 e. The molecule has 21 heavy (non-hydrogen) atoms. The summed E-state index contributed by atoms with van der Waals surface area (Å²) in [5.74, 6) is -0.0718. The van der Waals surface area contributed by atoms with Crippen molar-refractivity contribution in [2.24, 2.45) is 5.73 Å².